The van der Waals surface area contributed by atoms with Crippen molar-refractivity contribution >= 4 is 37.4 Å². The molecule has 0 radical (unpaired) electrons. The summed E-state index contributed by atoms with van der Waals surface area (Å²) in [5.41, 5.74) is 2.13. The van der Waals surface area contributed by atoms with Gasteiger partial charge >= 0.3 is 13.8 Å². The molecule has 0 bridgehead atoms. The number of aliphatic carboxylic acids is 1. The number of methoxy groups -OCH3 is 1. The van der Waals surface area contributed by atoms with Crippen molar-refractivity contribution in [3.8, 4) is 5.75 Å². The summed E-state index contributed by atoms with van der Waals surface area (Å²) in [5.74, 6) is 3.92. The zero-order chi connectivity index (χ0) is 33.8. The Morgan fingerprint density at radius 3 is 2.56 bits per heavy atom. The monoisotopic (exact) mass is 694 g/mol. The fourth-order valence-corrected chi connectivity index (χ4v) is 13.4. The lowest BCUT2D eigenvalue weighted by molar-refractivity contribution is -0.138. The molecule has 0 spiro atoms. The first-order valence-electron chi connectivity index (χ1n) is 18.0. The van der Waals surface area contributed by atoms with Crippen LogP contribution in [0.5, 0.6) is 5.75 Å². The van der Waals surface area contributed by atoms with Crippen LogP contribution >= 0.6 is 19.6 Å². The van der Waals surface area contributed by atoms with Crippen LogP contribution in [0.1, 0.15) is 103 Å². The third kappa shape index (κ3) is 6.18. The summed E-state index contributed by atoms with van der Waals surface area (Å²) in [6.45, 7) is 7.31. The second kappa shape index (κ2) is 13.1. The van der Waals surface area contributed by atoms with Crippen LogP contribution in [0.4, 0.5) is 0 Å². The normalized spacial score (nSPS) is 35.6. The summed E-state index contributed by atoms with van der Waals surface area (Å²) in [7, 11) is -2.82. The lowest BCUT2D eigenvalue weighted by Gasteiger charge is -2.61. The maximum atomic E-state index is 13.7. The van der Waals surface area contributed by atoms with Gasteiger partial charge in [0.2, 0.25) is 0 Å². The van der Waals surface area contributed by atoms with Crippen LogP contribution in [0.2, 0.25) is 0 Å². The summed E-state index contributed by atoms with van der Waals surface area (Å²) in [4.78, 5) is 24.4. The van der Waals surface area contributed by atoms with Crippen molar-refractivity contribution in [3.05, 3.63) is 53.6 Å². The minimum atomic E-state index is -4.45. The maximum Gasteiger partial charge on any atom is 0.527 e. The summed E-state index contributed by atoms with van der Waals surface area (Å²) < 4.78 is 31.4. The zero-order valence-electron chi connectivity index (χ0n) is 28.7. The molecule has 2 unspecified atom stereocenters. The van der Waals surface area contributed by atoms with Gasteiger partial charge in [0.05, 0.1) is 18.1 Å². The molecule has 9 heteroatoms. The average Bonchev–Trinajstić information content (AvgIpc) is 3.33. The number of hydrogen-bond acceptors (Lipinski definition) is 6. The summed E-state index contributed by atoms with van der Waals surface area (Å²) >= 11 is 1.56. The Morgan fingerprint density at radius 2 is 1.77 bits per heavy atom. The van der Waals surface area contributed by atoms with E-state index < -0.39 is 13.8 Å². The van der Waals surface area contributed by atoms with E-state index in [1.807, 2.05) is 48.5 Å². The summed E-state index contributed by atoms with van der Waals surface area (Å²) in [6.07, 6.45) is 12.4. The largest absolute Gasteiger partial charge is 0.527 e. The van der Waals surface area contributed by atoms with E-state index in [2.05, 4.69) is 20.8 Å². The molecule has 0 saturated heterocycles. The second-order valence-corrected chi connectivity index (χ2v) is 18.2. The number of carbonyl (C=O) groups is 1. The van der Waals surface area contributed by atoms with E-state index >= 15 is 0 Å². The van der Waals surface area contributed by atoms with Crippen LogP contribution in [0, 0.1) is 46.3 Å². The van der Waals surface area contributed by atoms with E-state index in [1.165, 1.54) is 32.1 Å². The van der Waals surface area contributed by atoms with Crippen LogP contribution in [0.3, 0.4) is 0 Å². The molecule has 7 nitrogen and oxygen atoms in total. The predicted octanol–water partition coefficient (Wildman–Crippen LogP) is 10.3. The highest BCUT2D eigenvalue weighted by atomic mass is 32.2. The molecule has 4 aliphatic carbocycles. The van der Waals surface area contributed by atoms with E-state index in [9.17, 15) is 19.4 Å². The van der Waals surface area contributed by atoms with Gasteiger partial charge in [0.25, 0.3) is 0 Å². The smallest absolute Gasteiger partial charge is 0.496 e. The molecule has 0 aromatic heterocycles. The molecule has 2 aromatic carbocycles. The molecule has 48 heavy (non-hydrogen) atoms. The van der Waals surface area contributed by atoms with Gasteiger partial charge < -0.3 is 14.4 Å². The molecule has 2 aromatic rings. The molecule has 0 amide bonds. The average molecular weight is 695 g/mol. The number of hydrogen-bond donors (Lipinski definition) is 2. The molecule has 7 rings (SSSR count). The molecule has 260 valence electrons. The summed E-state index contributed by atoms with van der Waals surface area (Å²) in [6, 6.07) is 13.6. The van der Waals surface area contributed by atoms with Gasteiger partial charge in [-0.2, -0.15) is 0 Å². The predicted molar refractivity (Wildman–Crippen MR) is 188 cm³/mol. The number of phosphoric ester groups is 1. The minimum Gasteiger partial charge on any atom is -0.496 e. The van der Waals surface area contributed by atoms with Crippen molar-refractivity contribution < 1.29 is 33.1 Å². The lowest BCUT2D eigenvalue weighted by Crippen LogP contribution is -2.54. The van der Waals surface area contributed by atoms with Gasteiger partial charge in [-0.05, 0) is 140 Å². The molecular formula is C39H51O7PS. The quantitative estimate of drug-likeness (QED) is 0.250. The van der Waals surface area contributed by atoms with Crippen molar-refractivity contribution in [1.29, 1.82) is 0 Å². The number of rotatable bonds is 9. The third-order valence-electron chi connectivity index (χ3n) is 13.6. The number of phosphoric acid groups is 1. The Balaban J connectivity index is 1.04. The Hall–Kier alpha value is -2.25. The topological polar surface area (TPSA) is 102 Å². The molecule has 10 atom stereocenters. The molecule has 1 aliphatic heterocycles. The third-order valence-corrected chi connectivity index (χ3v) is 15.8. The van der Waals surface area contributed by atoms with Gasteiger partial charge in [0.1, 0.15) is 11.5 Å². The SMILES string of the molecule is COc1cccc2c1Sc1ccccc1C=C2OP(=O)(O)O[C@@H]1CC[C@@]2(C)C(CC[C@H]3[C@@H]4CC[C@H]([C@H](C)CCC(=O)O)[C@@]4(C)CC[C@@H]32)C1. The zero-order valence-corrected chi connectivity index (χ0v) is 30.4. The Morgan fingerprint density at radius 1 is 1.00 bits per heavy atom. The fraction of sp³-hybridized carbons (Fsp3) is 0.615. The standard InChI is InChI=1S/C39H51O7PS/c1-24(12-17-36(40)41)30-15-16-31-28-14-13-26-23-27(18-20-38(26,2)32(28)19-21-39(30,31)3)45-47(42,43)46-34-22-25-8-5-6-11-35(25)48-37-29(34)9-7-10-33(37)44-4/h5-11,22,24,26-28,30-32H,12-21,23H2,1-4H3,(H,40,41)(H,42,43)/t24-,26?,27-,28+,30-,31+,32+,38+,39-/m1/s1. The molecule has 4 fully saturated rings. The Kier molecular flexibility index (Phi) is 9.36. The number of ether oxygens (including phenoxy) is 1. The number of carboxylic acids is 1. The first-order chi connectivity index (χ1) is 22.9. The van der Waals surface area contributed by atoms with Gasteiger partial charge in [-0.15, -0.1) is 0 Å². The van der Waals surface area contributed by atoms with Gasteiger partial charge in [0.15, 0.2) is 0 Å². The number of fused-ring (bicyclic) bond motifs is 7. The lowest BCUT2D eigenvalue weighted by atomic mass is 9.44. The fourth-order valence-electron chi connectivity index (χ4n) is 11.2. The van der Waals surface area contributed by atoms with Crippen LogP contribution < -0.4 is 4.74 Å². The van der Waals surface area contributed by atoms with Crippen molar-refractivity contribution in [2.45, 2.75) is 107 Å². The van der Waals surface area contributed by atoms with E-state index in [-0.39, 0.29) is 17.9 Å². The molecule has 4 saturated carbocycles. The van der Waals surface area contributed by atoms with E-state index in [4.69, 9.17) is 13.8 Å². The van der Waals surface area contributed by atoms with Crippen LogP contribution in [0.15, 0.2) is 52.3 Å². The van der Waals surface area contributed by atoms with Gasteiger partial charge in [-0.3, -0.25) is 14.2 Å². The van der Waals surface area contributed by atoms with Gasteiger partial charge in [-0.25, -0.2) is 4.57 Å². The van der Waals surface area contributed by atoms with E-state index in [0.717, 1.165) is 47.5 Å². The highest BCUT2D eigenvalue weighted by Gasteiger charge is 2.61. The van der Waals surface area contributed by atoms with Crippen LogP contribution in [-0.2, 0) is 18.4 Å². The maximum absolute atomic E-state index is 13.7. The number of benzene rings is 2. The highest BCUT2D eigenvalue weighted by Crippen LogP contribution is 2.69. The highest BCUT2D eigenvalue weighted by molar-refractivity contribution is 7.99. The van der Waals surface area contributed by atoms with Crippen molar-refractivity contribution in [3.63, 3.8) is 0 Å². The van der Waals surface area contributed by atoms with E-state index in [1.54, 1.807) is 18.9 Å². The van der Waals surface area contributed by atoms with Crippen LogP contribution in [0.25, 0.3) is 11.8 Å². The van der Waals surface area contributed by atoms with Crippen LogP contribution in [-0.4, -0.2) is 29.2 Å². The van der Waals surface area contributed by atoms with E-state index in [0.29, 0.717) is 58.0 Å². The minimum absolute atomic E-state index is 0.206. The first kappa shape index (κ1) is 34.2. The number of carboxylic acid groups (broad SMARTS) is 1. The second-order valence-electron chi connectivity index (χ2n) is 15.8. The Labute approximate surface area is 289 Å². The molecule has 1 heterocycles. The molecule has 5 aliphatic rings. The molecule has 2 N–H and O–H groups in total. The molecular weight excluding hydrogens is 643 g/mol. The first-order valence-corrected chi connectivity index (χ1v) is 20.3. The van der Waals surface area contributed by atoms with Gasteiger partial charge in [-0.1, -0.05) is 56.8 Å². The van der Waals surface area contributed by atoms with Gasteiger partial charge in [0, 0.05) is 16.9 Å². The Bertz CT molecular complexity index is 1620. The van der Waals surface area contributed by atoms with Crippen molar-refractivity contribution in [1.82, 2.24) is 0 Å². The summed E-state index contributed by atoms with van der Waals surface area (Å²) in [5, 5.41) is 9.29. The van der Waals surface area contributed by atoms with Crippen molar-refractivity contribution in [2.75, 3.05) is 7.11 Å². The van der Waals surface area contributed by atoms with Crippen molar-refractivity contribution in [2.24, 2.45) is 46.3 Å².